The van der Waals surface area contributed by atoms with E-state index in [1.165, 1.54) is 18.9 Å². The summed E-state index contributed by atoms with van der Waals surface area (Å²) in [6.45, 7) is 8.32. The Morgan fingerprint density at radius 3 is 2.58 bits per heavy atom. The van der Waals surface area contributed by atoms with Crippen molar-refractivity contribution in [3.63, 3.8) is 0 Å². The van der Waals surface area contributed by atoms with E-state index in [2.05, 4.69) is 24.1 Å². The van der Waals surface area contributed by atoms with Gasteiger partial charge in [-0.1, -0.05) is 31.5 Å². The number of hydrogen-bond donors (Lipinski definition) is 1. The average Bonchev–Trinajstić information content (AvgIpc) is 2.38. The molecule has 0 aliphatic heterocycles. The number of likely N-dealkylation sites (N-methyl/N-ethyl adjacent to an activating group) is 1. The van der Waals surface area contributed by atoms with Crippen LogP contribution in [0.3, 0.4) is 0 Å². The zero-order valence-electron chi connectivity index (χ0n) is 12.6. The Kier molecular flexibility index (Phi) is 7.03. The summed E-state index contributed by atoms with van der Waals surface area (Å²) >= 11 is 0. The van der Waals surface area contributed by atoms with Gasteiger partial charge in [-0.25, -0.2) is 4.39 Å². The van der Waals surface area contributed by atoms with Crippen LogP contribution in [-0.4, -0.2) is 31.1 Å². The van der Waals surface area contributed by atoms with E-state index in [4.69, 9.17) is 0 Å². The van der Waals surface area contributed by atoms with Gasteiger partial charge in [-0.05, 0) is 33.4 Å². The quantitative estimate of drug-likeness (QED) is 0.773. The molecule has 0 bridgehead atoms. The number of halogens is 1. The van der Waals surface area contributed by atoms with Crippen LogP contribution in [0.25, 0.3) is 0 Å². The van der Waals surface area contributed by atoms with E-state index < -0.39 is 0 Å². The molecule has 0 radical (unpaired) electrons. The highest BCUT2D eigenvalue weighted by molar-refractivity contribution is 5.20. The highest BCUT2D eigenvalue weighted by atomic mass is 19.1. The molecule has 1 N–H and O–H groups in total. The zero-order chi connectivity index (χ0) is 14.3. The molecule has 0 aliphatic carbocycles. The van der Waals surface area contributed by atoms with Crippen molar-refractivity contribution in [2.45, 2.75) is 45.7 Å². The van der Waals surface area contributed by atoms with E-state index in [1.807, 2.05) is 26.1 Å². The van der Waals surface area contributed by atoms with E-state index in [9.17, 15) is 4.39 Å². The second-order valence-electron chi connectivity index (χ2n) is 5.32. The Morgan fingerprint density at radius 2 is 1.95 bits per heavy atom. The molecule has 2 atom stereocenters. The molecule has 1 aromatic rings. The largest absolute Gasteiger partial charge is 0.313 e. The molecule has 108 valence electrons. The second kappa shape index (κ2) is 8.28. The molecule has 2 unspecified atom stereocenters. The van der Waals surface area contributed by atoms with E-state index in [-0.39, 0.29) is 11.9 Å². The third kappa shape index (κ3) is 5.29. The molecule has 0 spiro atoms. The summed E-state index contributed by atoms with van der Waals surface area (Å²) < 4.78 is 13.7. The molecule has 0 fully saturated rings. The minimum absolute atomic E-state index is 0.101. The molecule has 2 nitrogen and oxygen atoms in total. The van der Waals surface area contributed by atoms with Gasteiger partial charge in [0.15, 0.2) is 0 Å². The van der Waals surface area contributed by atoms with Gasteiger partial charge in [0.1, 0.15) is 5.82 Å². The SMILES string of the molecule is CCCC(C)NCCN(C)C(C)c1ccccc1F. The van der Waals surface area contributed by atoms with Crippen LogP contribution in [0.5, 0.6) is 0 Å². The normalized spacial score (nSPS) is 14.6. The molecular formula is C16H27FN2. The Bertz CT molecular complexity index is 368. The summed E-state index contributed by atoms with van der Waals surface area (Å²) in [5.41, 5.74) is 0.770. The molecule has 1 rings (SSSR count). The summed E-state index contributed by atoms with van der Waals surface area (Å²) in [6.07, 6.45) is 2.40. The lowest BCUT2D eigenvalue weighted by atomic mass is 10.1. The molecule has 0 heterocycles. The first-order chi connectivity index (χ1) is 9.06. The van der Waals surface area contributed by atoms with Gasteiger partial charge in [-0.2, -0.15) is 0 Å². The molecule has 0 saturated heterocycles. The molecule has 3 heteroatoms. The highest BCUT2D eigenvalue weighted by Gasteiger charge is 2.14. The van der Waals surface area contributed by atoms with Crippen LogP contribution in [-0.2, 0) is 0 Å². The Balaban J connectivity index is 2.41. The van der Waals surface area contributed by atoms with Gasteiger partial charge in [-0.3, -0.25) is 4.90 Å². The topological polar surface area (TPSA) is 15.3 Å². The Hall–Kier alpha value is -0.930. The maximum absolute atomic E-state index is 13.7. The van der Waals surface area contributed by atoms with E-state index >= 15 is 0 Å². The smallest absolute Gasteiger partial charge is 0.127 e. The fraction of sp³-hybridized carbons (Fsp3) is 0.625. The number of hydrogen-bond acceptors (Lipinski definition) is 2. The van der Waals surface area contributed by atoms with Crippen molar-refractivity contribution in [1.82, 2.24) is 10.2 Å². The van der Waals surface area contributed by atoms with Gasteiger partial charge < -0.3 is 5.32 Å². The van der Waals surface area contributed by atoms with Gasteiger partial charge in [0.25, 0.3) is 0 Å². The van der Waals surface area contributed by atoms with E-state index in [0.29, 0.717) is 6.04 Å². The molecule has 1 aromatic carbocycles. The summed E-state index contributed by atoms with van der Waals surface area (Å²) in [7, 11) is 2.04. The number of nitrogens with one attached hydrogen (secondary N) is 1. The van der Waals surface area contributed by atoms with Gasteiger partial charge >= 0.3 is 0 Å². The lowest BCUT2D eigenvalue weighted by molar-refractivity contribution is 0.252. The third-order valence-corrected chi connectivity index (χ3v) is 3.70. The standard InChI is InChI=1S/C16H27FN2/c1-5-8-13(2)18-11-12-19(4)14(3)15-9-6-7-10-16(15)17/h6-7,9-10,13-14,18H,5,8,11-12H2,1-4H3. The first-order valence-electron chi connectivity index (χ1n) is 7.24. The maximum atomic E-state index is 13.7. The Labute approximate surface area is 117 Å². The van der Waals surface area contributed by atoms with Crippen molar-refractivity contribution in [2.75, 3.05) is 20.1 Å². The van der Waals surface area contributed by atoms with Crippen molar-refractivity contribution in [3.8, 4) is 0 Å². The zero-order valence-corrected chi connectivity index (χ0v) is 12.6. The first kappa shape index (κ1) is 16.1. The number of benzene rings is 1. The van der Waals surface area contributed by atoms with Crippen molar-refractivity contribution in [1.29, 1.82) is 0 Å². The van der Waals surface area contributed by atoms with Crippen LogP contribution in [0.15, 0.2) is 24.3 Å². The van der Waals surface area contributed by atoms with Gasteiger partial charge in [-0.15, -0.1) is 0 Å². The maximum Gasteiger partial charge on any atom is 0.127 e. The van der Waals surface area contributed by atoms with Gasteiger partial charge in [0.05, 0.1) is 0 Å². The summed E-state index contributed by atoms with van der Waals surface area (Å²) in [5.74, 6) is -0.117. The average molecular weight is 266 g/mol. The molecular weight excluding hydrogens is 239 g/mol. The molecule has 0 aromatic heterocycles. The van der Waals surface area contributed by atoms with Crippen molar-refractivity contribution < 1.29 is 4.39 Å². The summed E-state index contributed by atoms with van der Waals surface area (Å²) in [5, 5.41) is 3.50. The predicted octanol–water partition coefficient (Wildman–Crippen LogP) is 3.60. The van der Waals surface area contributed by atoms with Crippen LogP contribution < -0.4 is 5.32 Å². The van der Waals surface area contributed by atoms with Crippen LogP contribution in [0.1, 0.15) is 45.2 Å². The van der Waals surface area contributed by atoms with Crippen molar-refractivity contribution >= 4 is 0 Å². The van der Waals surface area contributed by atoms with Crippen LogP contribution >= 0.6 is 0 Å². The third-order valence-electron chi connectivity index (χ3n) is 3.70. The first-order valence-corrected chi connectivity index (χ1v) is 7.24. The number of nitrogens with zero attached hydrogens (tertiary/aromatic N) is 1. The monoisotopic (exact) mass is 266 g/mol. The summed E-state index contributed by atoms with van der Waals surface area (Å²) in [4.78, 5) is 2.18. The minimum Gasteiger partial charge on any atom is -0.313 e. The second-order valence-corrected chi connectivity index (χ2v) is 5.32. The predicted molar refractivity (Wildman–Crippen MR) is 79.8 cm³/mol. The van der Waals surface area contributed by atoms with Crippen molar-refractivity contribution in [3.05, 3.63) is 35.6 Å². The van der Waals surface area contributed by atoms with Gasteiger partial charge in [0, 0.05) is 30.7 Å². The molecule has 0 saturated carbocycles. The van der Waals surface area contributed by atoms with Crippen LogP contribution in [0.2, 0.25) is 0 Å². The van der Waals surface area contributed by atoms with Gasteiger partial charge in [0.2, 0.25) is 0 Å². The summed E-state index contributed by atoms with van der Waals surface area (Å²) in [6, 6.07) is 7.68. The van der Waals surface area contributed by atoms with Crippen LogP contribution in [0.4, 0.5) is 4.39 Å². The lowest BCUT2D eigenvalue weighted by Crippen LogP contribution is -2.35. The molecule has 19 heavy (non-hydrogen) atoms. The Morgan fingerprint density at radius 1 is 1.26 bits per heavy atom. The van der Waals surface area contributed by atoms with E-state index in [0.717, 1.165) is 18.7 Å². The van der Waals surface area contributed by atoms with E-state index in [1.54, 1.807) is 6.07 Å². The minimum atomic E-state index is -0.117. The van der Waals surface area contributed by atoms with Crippen molar-refractivity contribution in [2.24, 2.45) is 0 Å². The molecule has 0 aliphatic rings. The fourth-order valence-electron chi connectivity index (χ4n) is 2.27. The molecule has 0 amide bonds. The number of rotatable bonds is 8. The highest BCUT2D eigenvalue weighted by Crippen LogP contribution is 2.20. The lowest BCUT2D eigenvalue weighted by Gasteiger charge is -2.26. The fourth-order valence-corrected chi connectivity index (χ4v) is 2.27. The van der Waals surface area contributed by atoms with Crippen LogP contribution in [0, 0.1) is 5.82 Å².